The van der Waals surface area contributed by atoms with Crippen LogP contribution < -0.4 is 10.1 Å². The molecule has 0 spiro atoms. The van der Waals surface area contributed by atoms with Crippen LogP contribution in [0.4, 0.5) is 8.78 Å². The SMILES string of the molecule is O=C(COc1ccc(Cl)c(F)c1)NC12CC(CC(=O)c3ccc(F)cn3)(C1)C2. The van der Waals surface area contributed by atoms with Crippen molar-refractivity contribution in [3.05, 3.63) is 58.9 Å². The van der Waals surface area contributed by atoms with Crippen LogP contribution >= 0.6 is 11.6 Å². The van der Waals surface area contributed by atoms with Crippen molar-refractivity contribution < 1.29 is 23.1 Å². The summed E-state index contributed by atoms with van der Waals surface area (Å²) in [5, 5.41) is 2.93. The van der Waals surface area contributed by atoms with Gasteiger partial charge in [-0.2, -0.15) is 0 Å². The number of Topliss-reactive ketones (excluding diaryl/α,β-unsaturated/α-hetero) is 1. The van der Waals surface area contributed by atoms with Crippen molar-refractivity contribution in [1.29, 1.82) is 0 Å². The number of ketones is 1. The highest BCUT2D eigenvalue weighted by Crippen LogP contribution is 2.69. The Hall–Kier alpha value is -2.54. The highest BCUT2D eigenvalue weighted by Gasteiger charge is 2.68. The second-order valence-corrected chi connectivity index (χ2v) is 8.09. The molecule has 146 valence electrons. The smallest absolute Gasteiger partial charge is 0.258 e. The second kappa shape index (κ2) is 6.81. The molecule has 2 aromatic rings. The third-order valence-corrected chi connectivity index (χ3v) is 5.66. The fourth-order valence-corrected chi connectivity index (χ4v) is 4.46. The van der Waals surface area contributed by atoms with Crippen molar-refractivity contribution in [2.24, 2.45) is 5.41 Å². The number of hydrogen-bond donors (Lipinski definition) is 1. The lowest BCUT2D eigenvalue weighted by molar-refractivity contribution is -0.164. The van der Waals surface area contributed by atoms with Crippen LogP contribution in [0.25, 0.3) is 0 Å². The van der Waals surface area contributed by atoms with Gasteiger partial charge in [-0.25, -0.2) is 8.78 Å². The normalized spacial score (nSPS) is 24.7. The first-order chi connectivity index (χ1) is 13.3. The van der Waals surface area contributed by atoms with Crippen molar-refractivity contribution >= 4 is 23.3 Å². The maximum absolute atomic E-state index is 13.4. The fraction of sp³-hybridized carbons (Fsp3) is 0.350. The molecule has 1 aromatic heterocycles. The van der Waals surface area contributed by atoms with Gasteiger partial charge in [-0.05, 0) is 48.9 Å². The minimum Gasteiger partial charge on any atom is -0.484 e. The molecule has 3 aliphatic rings. The average molecular weight is 407 g/mol. The standard InChI is InChI=1S/C20H17ClF2N2O3/c21-14-3-2-13(5-15(14)23)28-8-18(27)25-20-9-19(10-20,11-20)6-17(26)16-4-1-12(22)7-24-16/h1-5,7H,6,8-11H2,(H,25,27). The van der Waals surface area contributed by atoms with E-state index in [1.807, 2.05) is 0 Å². The number of nitrogens with one attached hydrogen (secondary N) is 1. The van der Waals surface area contributed by atoms with Crippen molar-refractivity contribution in [1.82, 2.24) is 10.3 Å². The van der Waals surface area contributed by atoms with Crippen LogP contribution in [-0.4, -0.2) is 28.8 Å². The first-order valence-electron chi connectivity index (χ1n) is 8.82. The molecular weight excluding hydrogens is 390 g/mol. The lowest BCUT2D eigenvalue weighted by Gasteiger charge is -2.70. The zero-order valence-corrected chi connectivity index (χ0v) is 15.6. The van der Waals surface area contributed by atoms with Gasteiger partial charge in [0.15, 0.2) is 12.4 Å². The maximum Gasteiger partial charge on any atom is 0.258 e. The molecule has 0 aliphatic heterocycles. The molecule has 5 rings (SSSR count). The quantitative estimate of drug-likeness (QED) is 0.712. The lowest BCUT2D eigenvalue weighted by Crippen LogP contribution is -2.75. The minimum atomic E-state index is -0.610. The largest absolute Gasteiger partial charge is 0.484 e. The molecule has 1 heterocycles. The molecule has 0 saturated heterocycles. The second-order valence-electron chi connectivity index (χ2n) is 7.69. The molecule has 0 atom stereocenters. The van der Waals surface area contributed by atoms with E-state index in [1.165, 1.54) is 24.3 Å². The molecule has 1 aromatic carbocycles. The Morgan fingerprint density at radius 2 is 1.93 bits per heavy atom. The van der Waals surface area contributed by atoms with Crippen LogP contribution in [-0.2, 0) is 4.79 Å². The first kappa shape index (κ1) is 18.8. The number of nitrogens with zero attached hydrogens (tertiary/aromatic N) is 1. The monoisotopic (exact) mass is 406 g/mol. The summed E-state index contributed by atoms with van der Waals surface area (Å²) in [4.78, 5) is 28.2. The number of halogens is 3. The van der Waals surface area contributed by atoms with Gasteiger partial charge in [-0.3, -0.25) is 14.6 Å². The molecule has 5 nitrogen and oxygen atoms in total. The number of rotatable bonds is 7. The van der Waals surface area contributed by atoms with Gasteiger partial charge in [0.25, 0.3) is 5.91 Å². The van der Waals surface area contributed by atoms with Crippen molar-refractivity contribution in [3.8, 4) is 5.75 Å². The number of amides is 1. The predicted molar refractivity (Wildman–Crippen MR) is 97.2 cm³/mol. The first-order valence-corrected chi connectivity index (χ1v) is 9.20. The van der Waals surface area contributed by atoms with E-state index in [2.05, 4.69) is 10.3 Å². The fourth-order valence-electron chi connectivity index (χ4n) is 4.34. The molecule has 0 unspecified atom stereocenters. The summed E-state index contributed by atoms with van der Waals surface area (Å²) in [6, 6.07) is 6.58. The number of carbonyl (C=O) groups is 2. The molecule has 1 amide bonds. The summed E-state index contributed by atoms with van der Waals surface area (Å²) in [6.45, 7) is -0.228. The molecule has 3 aliphatic carbocycles. The number of carbonyl (C=O) groups excluding carboxylic acids is 2. The van der Waals surface area contributed by atoms with E-state index < -0.39 is 11.6 Å². The predicted octanol–water partition coefficient (Wildman–Crippen LogP) is 3.70. The van der Waals surface area contributed by atoms with Gasteiger partial charge in [-0.15, -0.1) is 0 Å². The number of aromatic nitrogens is 1. The van der Waals surface area contributed by atoms with E-state index in [1.54, 1.807) is 0 Å². The third-order valence-electron chi connectivity index (χ3n) is 5.35. The molecule has 8 heteroatoms. The van der Waals surface area contributed by atoms with Gasteiger partial charge < -0.3 is 10.1 Å². The zero-order valence-electron chi connectivity index (χ0n) is 14.8. The van der Waals surface area contributed by atoms with Gasteiger partial charge in [0.05, 0.1) is 11.2 Å². The van der Waals surface area contributed by atoms with Crippen LogP contribution in [0, 0.1) is 17.0 Å². The average Bonchev–Trinajstić information content (AvgIpc) is 2.60. The van der Waals surface area contributed by atoms with Crippen LogP contribution in [0.5, 0.6) is 5.75 Å². The van der Waals surface area contributed by atoms with E-state index >= 15 is 0 Å². The van der Waals surface area contributed by atoms with E-state index in [4.69, 9.17) is 16.3 Å². The number of hydrogen-bond acceptors (Lipinski definition) is 4. The summed E-state index contributed by atoms with van der Waals surface area (Å²) >= 11 is 5.60. The lowest BCUT2D eigenvalue weighted by atomic mass is 9.38. The number of benzene rings is 1. The molecular formula is C20H17ClF2N2O3. The molecule has 28 heavy (non-hydrogen) atoms. The Kier molecular flexibility index (Phi) is 4.57. The van der Waals surface area contributed by atoms with Gasteiger partial charge in [-0.1, -0.05) is 11.6 Å². The number of pyridine rings is 1. The van der Waals surface area contributed by atoms with Gasteiger partial charge in [0.1, 0.15) is 23.1 Å². The summed E-state index contributed by atoms with van der Waals surface area (Å²) in [7, 11) is 0. The van der Waals surface area contributed by atoms with Crippen LogP contribution in [0.2, 0.25) is 5.02 Å². The van der Waals surface area contributed by atoms with Gasteiger partial charge in [0.2, 0.25) is 0 Å². The van der Waals surface area contributed by atoms with Crippen LogP contribution in [0.3, 0.4) is 0 Å². The van der Waals surface area contributed by atoms with E-state index in [-0.39, 0.29) is 45.7 Å². The Balaban J connectivity index is 1.24. The van der Waals surface area contributed by atoms with Gasteiger partial charge >= 0.3 is 0 Å². The van der Waals surface area contributed by atoms with Crippen molar-refractivity contribution in [2.75, 3.05) is 6.61 Å². The van der Waals surface area contributed by atoms with Crippen molar-refractivity contribution in [3.63, 3.8) is 0 Å². The molecule has 2 bridgehead atoms. The Morgan fingerprint density at radius 3 is 2.57 bits per heavy atom. The molecule has 3 fully saturated rings. The minimum absolute atomic E-state index is 0.0126. The molecule has 1 N–H and O–H groups in total. The highest BCUT2D eigenvalue weighted by molar-refractivity contribution is 6.30. The molecule has 0 radical (unpaired) electrons. The van der Waals surface area contributed by atoms with Crippen molar-refractivity contribution in [2.45, 2.75) is 31.2 Å². The Bertz CT molecular complexity index is 929. The summed E-state index contributed by atoms with van der Waals surface area (Å²) in [5.74, 6) is -1.28. The van der Waals surface area contributed by atoms with Crippen LogP contribution in [0.1, 0.15) is 36.2 Å². The maximum atomic E-state index is 13.4. The van der Waals surface area contributed by atoms with E-state index in [0.717, 1.165) is 12.3 Å². The highest BCUT2D eigenvalue weighted by atomic mass is 35.5. The molecule has 3 saturated carbocycles. The topological polar surface area (TPSA) is 68.3 Å². The zero-order chi connectivity index (χ0) is 19.9. The van der Waals surface area contributed by atoms with Gasteiger partial charge in [0, 0.05) is 18.0 Å². The number of ether oxygens (including phenoxy) is 1. The Morgan fingerprint density at radius 1 is 1.18 bits per heavy atom. The summed E-state index contributed by atoms with van der Waals surface area (Å²) < 4.78 is 31.6. The summed E-state index contributed by atoms with van der Waals surface area (Å²) in [6.07, 6.45) is 3.52. The van der Waals surface area contributed by atoms with Crippen LogP contribution in [0.15, 0.2) is 36.5 Å². The van der Waals surface area contributed by atoms with E-state index in [9.17, 15) is 18.4 Å². The summed E-state index contributed by atoms with van der Waals surface area (Å²) in [5.41, 5.74) is -0.143. The Labute approximate surface area is 165 Å². The third kappa shape index (κ3) is 3.58. The van der Waals surface area contributed by atoms with E-state index in [0.29, 0.717) is 25.7 Å².